The summed E-state index contributed by atoms with van der Waals surface area (Å²) in [5, 5.41) is 0. The average Bonchev–Trinajstić information content (AvgIpc) is 3.06. The van der Waals surface area contributed by atoms with Crippen molar-refractivity contribution in [3.8, 4) is 0 Å². The maximum absolute atomic E-state index is 13.3. The van der Waals surface area contributed by atoms with Gasteiger partial charge in [0.05, 0.1) is 23.4 Å². The molecule has 0 saturated carbocycles. The molecule has 0 radical (unpaired) electrons. The Morgan fingerprint density at radius 1 is 1.10 bits per heavy atom. The first-order chi connectivity index (χ1) is 14.7. The Balaban J connectivity index is 1.50. The third-order valence-corrected chi connectivity index (χ3v) is 5.42. The molecule has 1 fully saturated rings. The van der Waals surface area contributed by atoms with Gasteiger partial charge in [-0.25, -0.2) is 4.98 Å². The van der Waals surface area contributed by atoms with Crippen LogP contribution in [0.1, 0.15) is 33.6 Å². The maximum atomic E-state index is 13.3. The van der Waals surface area contributed by atoms with E-state index in [1.54, 1.807) is 4.90 Å². The van der Waals surface area contributed by atoms with Crippen LogP contribution in [0.15, 0.2) is 48.8 Å². The molecule has 0 N–H and O–H groups in total. The smallest absolute Gasteiger partial charge is 0.336 e. The first kappa shape index (κ1) is 20.9. The van der Waals surface area contributed by atoms with Gasteiger partial charge >= 0.3 is 6.18 Å². The molecule has 9 heteroatoms. The number of pyridine rings is 1. The van der Waals surface area contributed by atoms with Gasteiger partial charge in [-0.3, -0.25) is 9.59 Å². The molecule has 0 unspecified atom stereocenters. The number of fused-ring (bicyclic) bond motifs is 1. The summed E-state index contributed by atoms with van der Waals surface area (Å²) in [6, 6.07) is 8.59. The summed E-state index contributed by atoms with van der Waals surface area (Å²) >= 11 is 0. The van der Waals surface area contributed by atoms with Crippen LogP contribution in [0.3, 0.4) is 0 Å². The van der Waals surface area contributed by atoms with Gasteiger partial charge in [0, 0.05) is 38.4 Å². The van der Waals surface area contributed by atoms with Crippen LogP contribution in [0.2, 0.25) is 0 Å². The fourth-order valence-electron chi connectivity index (χ4n) is 3.80. The normalized spacial score (nSPS) is 15.4. The first-order valence-corrected chi connectivity index (χ1v) is 9.90. The lowest BCUT2D eigenvalue weighted by molar-refractivity contribution is -0.138. The molecule has 0 spiro atoms. The Kier molecular flexibility index (Phi) is 5.43. The number of carbonyl (C=O) groups is 2. The van der Waals surface area contributed by atoms with Crippen molar-refractivity contribution < 1.29 is 22.8 Å². The molecule has 31 heavy (non-hydrogen) atoms. The second-order valence-corrected chi connectivity index (χ2v) is 7.56. The molecule has 0 bridgehead atoms. The van der Waals surface area contributed by atoms with E-state index in [1.165, 1.54) is 23.1 Å². The van der Waals surface area contributed by atoms with Crippen molar-refractivity contribution in [3.05, 3.63) is 71.2 Å². The number of aryl methyl sites for hydroxylation is 1. The summed E-state index contributed by atoms with van der Waals surface area (Å²) < 4.78 is 41.8. The second-order valence-electron chi connectivity index (χ2n) is 7.56. The predicted octanol–water partition coefficient (Wildman–Crippen LogP) is 3.54. The lowest BCUT2D eigenvalue weighted by atomic mass is 10.1. The van der Waals surface area contributed by atoms with Crippen molar-refractivity contribution in [2.45, 2.75) is 26.1 Å². The third kappa shape index (κ3) is 4.26. The summed E-state index contributed by atoms with van der Waals surface area (Å²) in [5.41, 5.74) is 1.17. The van der Waals surface area contributed by atoms with Crippen molar-refractivity contribution in [1.29, 1.82) is 0 Å². The lowest BCUT2D eigenvalue weighted by Gasteiger charge is -2.23. The average molecular weight is 430 g/mol. The van der Waals surface area contributed by atoms with Crippen LogP contribution in [0.5, 0.6) is 0 Å². The number of rotatable bonds is 3. The topological polar surface area (TPSA) is 57.9 Å². The monoisotopic (exact) mass is 430 g/mol. The van der Waals surface area contributed by atoms with Crippen molar-refractivity contribution in [2.75, 3.05) is 19.6 Å². The molecule has 4 rings (SSSR count). The van der Waals surface area contributed by atoms with Crippen molar-refractivity contribution in [2.24, 2.45) is 0 Å². The highest BCUT2D eigenvalue weighted by Crippen LogP contribution is 2.32. The predicted molar refractivity (Wildman–Crippen MR) is 107 cm³/mol. The van der Waals surface area contributed by atoms with Crippen LogP contribution < -0.4 is 0 Å². The third-order valence-electron chi connectivity index (χ3n) is 5.42. The highest BCUT2D eigenvalue weighted by Gasteiger charge is 2.36. The van der Waals surface area contributed by atoms with E-state index in [9.17, 15) is 22.8 Å². The van der Waals surface area contributed by atoms with Gasteiger partial charge < -0.3 is 14.2 Å². The fraction of sp³-hybridized carbons (Fsp3) is 0.318. The Morgan fingerprint density at radius 2 is 1.87 bits per heavy atom. The van der Waals surface area contributed by atoms with E-state index in [4.69, 9.17) is 0 Å². The van der Waals surface area contributed by atoms with Crippen molar-refractivity contribution in [1.82, 2.24) is 19.2 Å². The molecule has 1 aromatic carbocycles. The zero-order chi connectivity index (χ0) is 22.2. The number of carbonyl (C=O) groups excluding carboxylic acids is 2. The number of hydrogen-bond donors (Lipinski definition) is 0. The number of nitrogens with zero attached hydrogens (tertiary/aromatic N) is 4. The molecule has 0 atom stereocenters. The van der Waals surface area contributed by atoms with E-state index in [-0.39, 0.29) is 38.5 Å². The number of benzene rings is 1. The number of alkyl halides is 3. The minimum atomic E-state index is -4.62. The van der Waals surface area contributed by atoms with Crippen LogP contribution in [-0.4, -0.2) is 50.6 Å². The fourth-order valence-corrected chi connectivity index (χ4v) is 3.80. The minimum absolute atomic E-state index is 0.0479. The van der Waals surface area contributed by atoms with Gasteiger partial charge in [0.2, 0.25) is 5.91 Å². The van der Waals surface area contributed by atoms with Crippen LogP contribution in [0.4, 0.5) is 13.2 Å². The van der Waals surface area contributed by atoms with E-state index < -0.39 is 23.2 Å². The Labute approximate surface area is 176 Å². The molecule has 1 aliphatic rings. The van der Waals surface area contributed by atoms with E-state index in [2.05, 4.69) is 4.98 Å². The minimum Gasteiger partial charge on any atom is -0.336 e. The highest BCUT2D eigenvalue weighted by molar-refractivity contribution is 5.96. The van der Waals surface area contributed by atoms with Gasteiger partial charge in [0.15, 0.2) is 0 Å². The Hall–Kier alpha value is -3.36. The van der Waals surface area contributed by atoms with Crippen LogP contribution in [0.25, 0.3) is 5.65 Å². The zero-order valence-electron chi connectivity index (χ0n) is 16.9. The van der Waals surface area contributed by atoms with Gasteiger partial charge in [-0.2, -0.15) is 13.2 Å². The molecule has 0 aliphatic carbocycles. The quantitative estimate of drug-likeness (QED) is 0.639. The summed E-state index contributed by atoms with van der Waals surface area (Å²) in [6.07, 6.45) is -0.849. The van der Waals surface area contributed by atoms with E-state index in [0.29, 0.717) is 5.69 Å². The van der Waals surface area contributed by atoms with Gasteiger partial charge in [0.25, 0.3) is 5.91 Å². The molecule has 3 aromatic rings. The van der Waals surface area contributed by atoms with E-state index >= 15 is 0 Å². The number of aromatic nitrogens is 2. The molecular formula is C22H21F3N4O2. The van der Waals surface area contributed by atoms with Crippen molar-refractivity contribution >= 4 is 17.5 Å². The van der Waals surface area contributed by atoms with E-state index in [0.717, 1.165) is 17.3 Å². The molecule has 3 heterocycles. The van der Waals surface area contributed by atoms with Crippen LogP contribution in [-0.2, 0) is 17.5 Å². The molecular weight excluding hydrogens is 409 g/mol. The number of amides is 2. The SMILES string of the molecule is Cc1cccn2cc(CN3CCN(C(=O)c4ccccc4C(F)(F)F)CCC3=O)nc12. The highest BCUT2D eigenvalue weighted by atomic mass is 19.4. The van der Waals surface area contributed by atoms with Gasteiger partial charge in [-0.15, -0.1) is 0 Å². The summed E-state index contributed by atoms with van der Waals surface area (Å²) in [6.45, 7) is 2.69. The van der Waals surface area contributed by atoms with E-state index in [1.807, 2.05) is 35.9 Å². The number of hydrogen-bond acceptors (Lipinski definition) is 3. The lowest BCUT2D eigenvalue weighted by Crippen LogP contribution is -2.36. The largest absolute Gasteiger partial charge is 0.417 e. The van der Waals surface area contributed by atoms with Gasteiger partial charge in [0.1, 0.15) is 5.65 Å². The summed E-state index contributed by atoms with van der Waals surface area (Å²) in [4.78, 5) is 32.9. The molecule has 6 nitrogen and oxygen atoms in total. The standard InChI is InChI=1S/C22H21F3N4O2/c1-15-5-4-9-29-14-16(26-20(15)29)13-28-12-11-27(10-8-19(28)30)21(31)17-6-2-3-7-18(17)22(23,24)25/h2-7,9,14H,8,10-13H2,1H3. The molecule has 1 saturated heterocycles. The molecule has 1 aliphatic heterocycles. The number of imidazole rings is 1. The summed E-state index contributed by atoms with van der Waals surface area (Å²) in [7, 11) is 0. The number of halogens is 3. The second kappa shape index (κ2) is 8.05. The zero-order valence-corrected chi connectivity index (χ0v) is 16.9. The van der Waals surface area contributed by atoms with Crippen molar-refractivity contribution in [3.63, 3.8) is 0 Å². The van der Waals surface area contributed by atoms with Gasteiger partial charge in [-0.05, 0) is 30.7 Å². The first-order valence-electron chi connectivity index (χ1n) is 9.90. The Bertz CT molecular complexity index is 1140. The Morgan fingerprint density at radius 3 is 2.61 bits per heavy atom. The molecule has 2 amide bonds. The van der Waals surface area contributed by atoms with Crippen LogP contribution in [0, 0.1) is 6.92 Å². The molecule has 2 aromatic heterocycles. The van der Waals surface area contributed by atoms with Gasteiger partial charge in [-0.1, -0.05) is 18.2 Å². The maximum Gasteiger partial charge on any atom is 0.417 e. The molecule has 162 valence electrons. The summed E-state index contributed by atoms with van der Waals surface area (Å²) in [5.74, 6) is -0.876. The van der Waals surface area contributed by atoms with Crippen LogP contribution >= 0.6 is 0 Å².